The van der Waals surface area contributed by atoms with Crippen molar-refractivity contribution in [3.05, 3.63) is 35.4 Å². The van der Waals surface area contributed by atoms with Gasteiger partial charge in [-0.25, -0.2) is 8.42 Å². The molecule has 1 aromatic rings. The summed E-state index contributed by atoms with van der Waals surface area (Å²) in [5.41, 5.74) is 1.68. The van der Waals surface area contributed by atoms with E-state index in [2.05, 4.69) is 22.0 Å². The summed E-state index contributed by atoms with van der Waals surface area (Å²) in [6.45, 7) is 13.4. The second-order valence-electron chi connectivity index (χ2n) is 7.70. The van der Waals surface area contributed by atoms with Gasteiger partial charge in [-0.3, -0.25) is 0 Å². The highest BCUT2D eigenvalue weighted by Crippen LogP contribution is 2.58. The monoisotopic (exact) mass is 372 g/mol. The van der Waals surface area contributed by atoms with E-state index in [1.54, 1.807) is 0 Å². The van der Waals surface area contributed by atoms with Gasteiger partial charge in [0.2, 0.25) is 0 Å². The number of benzene rings is 1. The van der Waals surface area contributed by atoms with Crippen molar-refractivity contribution in [1.29, 1.82) is 0 Å². The number of rotatable bonds is 0. The van der Waals surface area contributed by atoms with Crippen molar-refractivity contribution in [3.8, 4) is 0 Å². The summed E-state index contributed by atoms with van der Waals surface area (Å²) in [6.07, 6.45) is 0. The lowest BCUT2D eigenvalue weighted by molar-refractivity contribution is 0.379. The summed E-state index contributed by atoms with van der Waals surface area (Å²) in [4.78, 5) is 0. The smallest absolute Gasteiger partial charge is 0.163 e. The van der Waals surface area contributed by atoms with Crippen molar-refractivity contribution < 1.29 is 8.42 Å². The SMILES string of the molecule is CC1(C)c2ccccc2[C@@](C)(Br)C(C)(C)S(=O)(=O)C1(C)C. The largest absolute Gasteiger partial charge is 0.228 e. The molecule has 1 aliphatic rings. The fourth-order valence-electron chi connectivity index (χ4n) is 3.31. The van der Waals surface area contributed by atoms with E-state index in [1.165, 1.54) is 0 Å². The molecule has 0 spiro atoms. The molecule has 0 amide bonds. The van der Waals surface area contributed by atoms with Gasteiger partial charge in [-0.15, -0.1) is 0 Å². The van der Waals surface area contributed by atoms with Crippen molar-refractivity contribution in [2.75, 3.05) is 0 Å². The molecule has 21 heavy (non-hydrogen) atoms. The Balaban J connectivity index is 3.05. The summed E-state index contributed by atoms with van der Waals surface area (Å²) in [7, 11) is -3.41. The molecule has 0 saturated heterocycles. The van der Waals surface area contributed by atoms with Crippen molar-refractivity contribution in [2.24, 2.45) is 0 Å². The summed E-state index contributed by atoms with van der Waals surface area (Å²) >= 11 is 3.76. The zero-order chi connectivity index (χ0) is 16.5. The van der Waals surface area contributed by atoms with E-state index < -0.39 is 29.1 Å². The minimum atomic E-state index is -3.41. The Morgan fingerprint density at radius 2 is 1.24 bits per heavy atom. The van der Waals surface area contributed by atoms with Crippen LogP contribution in [0.3, 0.4) is 0 Å². The third-order valence-corrected chi connectivity index (χ3v) is 11.4. The van der Waals surface area contributed by atoms with E-state index in [0.29, 0.717) is 0 Å². The van der Waals surface area contributed by atoms with Crippen LogP contribution in [0.5, 0.6) is 0 Å². The first kappa shape index (κ1) is 17.0. The molecule has 0 radical (unpaired) electrons. The minimum Gasteiger partial charge on any atom is -0.228 e. The lowest BCUT2D eigenvalue weighted by Gasteiger charge is -2.44. The Kier molecular flexibility index (Phi) is 3.52. The van der Waals surface area contributed by atoms with Crippen LogP contribution in [0.4, 0.5) is 0 Å². The highest BCUT2D eigenvalue weighted by Gasteiger charge is 2.63. The van der Waals surface area contributed by atoms with Gasteiger partial charge < -0.3 is 0 Å². The maximum absolute atomic E-state index is 13.4. The standard InChI is InChI=1S/C17H25BrO2S/c1-14(2)12-10-8-9-11-13(12)17(7,18)16(5,6)21(19,20)15(14,3)4/h8-11H,1-7H3/t17-/m1/s1. The van der Waals surface area contributed by atoms with Crippen molar-refractivity contribution in [3.63, 3.8) is 0 Å². The Morgan fingerprint density at radius 1 is 0.810 bits per heavy atom. The van der Waals surface area contributed by atoms with E-state index in [4.69, 9.17) is 0 Å². The first-order chi connectivity index (χ1) is 9.23. The van der Waals surface area contributed by atoms with Gasteiger partial charge in [0.25, 0.3) is 0 Å². The maximum atomic E-state index is 13.4. The molecule has 1 heterocycles. The Labute approximate surface area is 137 Å². The number of halogens is 1. The molecule has 0 bridgehead atoms. The van der Waals surface area contributed by atoms with Crippen LogP contribution in [0, 0.1) is 0 Å². The predicted octanol–water partition coefficient (Wildman–Crippen LogP) is 4.56. The average molecular weight is 373 g/mol. The molecule has 1 aromatic carbocycles. The minimum absolute atomic E-state index is 0.481. The van der Waals surface area contributed by atoms with Crippen LogP contribution in [-0.4, -0.2) is 17.9 Å². The van der Waals surface area contributed by atoms with Crippen LogP contribution in [0.2, 0.25) is 0 Å². The van der Waals surface area contributed by atoms with Gasteiger partial charge in [-0.1, -0.05) is 54.0 Å². The van der Waals surface area contributed by atoms with E-state index in [9.17, 15) is 8.42 Å². The quantitative estimate of drug-likeness (QED) is 0.625. The Morgan fingerprint density at radius 3 is 1.71 bits per heavy atom. The molecular weight excluding hydrogens is 348 g/mol. The van der Waals surface area contributed by atoms with Gasteiger partial charge in [0.15, 0.2) is 9.84 Å². The number of alkyl halides is 1. The average Bonchev–Trinajstić information content (AvgIpc) is 2.38. The number of hydrogen-bond donors (Lipinski definition) is 0. The van der Waals surface area contributed by atoms with Crippen LogP contribution in [-0.2, 0) is 19.6 Å². The van der Waals surface area contributed by atoms with Gasteiger partial charge in [-0.05, 0) is 45.7 Å². The zero-order valence-corrected chi connectivity index (χ0v) is 16.3. The molecule has 2 nitrogen and oxygen atoms in total. The molecule has 0 saturated carbocycles. The Bertz CT molecular complexity index is 629. The van der Waals surface area contributed by atoms with E-state index in [-0.39, 0.29) is 0 Å². The van der Waals surface area contributed by atoms with Gasteiger partial charge in [0, 0.05) is 5.41 Å². The second-order valence-corrected chi connectivity index (χ2v) is 12.3. The molecule has 0 unspecified atom stereocenters. The first-order valence-electron chi connectivity index (χ1n) is 7.26. The molecule has 0 aliphatic carbocycles. The lowest BCUT2D eigenvalue weighted by Crippen LogP contribution is -2.57. The second kappa shape index (κ2) is 4.35. The number of fused-ring (bicyclic) bond motifs is 1. The third-order valence-electron chi connectivity index (χ3n) is 6.09. The van der Waals surface area contributed by atoms with Gasteiger partial charge in [0.05, 0.1) is 13.8 Å². The van der Waals surface area contributed by atoms with Crippen LogP contribution in [0.25, 0.3) is 0 Å². The summed E-state index contributed by atoms with van der Waals surface area (Å²) in [5, 5.41) is 0. The molecule has 2 rings (SSSR count). The topological polar surface area (TPSA) is 34.1 Å². The summed E-state index contributed by atoms with van der Waals surface area (Å²) < 4.78 is 24.5. The lowest BCUT2D eigenvalue weighted by atomic mass is 9.70. The fraction of sp³-hybridized carbons (Fsp3) is 0.647. The van der Waals surface area contributed by atoms with Crippen LogP contribution in [0.15, 0.2) is 24.3 Å². The number of sulfone groups is 1. The van der Waals surface area contributed by atoms with Crippen molar-refractivity contribution in [1.82, 2.24) is 0 Å². The van der Waals surface area contributed by atoms with Crippen LogP contribution in [0.1, 0.15) is 59.6 Å². The first-order valence-corrected chi connectivity index (χ1v) is 9.53. The highest BCUT2D eigenvalue weighted by molar-refractivity contribution is 9.09. The Hall–Kier alpha value is -0.350. The van der Waals surface area contributed by atoms with Crippen molar-refractivity contribution >= 4 is 25.8 Å². The molecule has 1 atom stereocenters. The molecule has 0 N–H and O–H groups in total. The van der Waals surface area contributed by atoms with Crippen LogP contribution < -0.4 is 0 Å². The molecule has 118 valence electrons. The van der Waals surface area contributed by atoms with Crippen molar-refractivity contribution in [2.45, 2.75) is 67.7 Å². The van der Waals surface area contributed by atoms with Gasteiger partial charge in [-0.2, -0.15) is 0 Å². The number of hydrogen-bond acceptors (Lipinski definition) is 2. The molecule has 4 heteroatoms. The van der Waals surface area contributed by atoms with Gasteiger partial charge >= 0.3 is 0 Å². The predicted molar refractivity (Wildman–Crippen MR) is 92.8 cm³/mol. The van der Waals surface area contributed by atoms with Gasteiger partial charge in [0.1, 0.15) is 0 Å². The fourth-order valence-corrected chi connectivity index (χ4v) is 6.97. The zero-order valence-electron chi connectivity index (χ0n) is 13.9. The third kappa shape index (κ3) is 1.78. The maximum Gasteiger partial charge on any atom is 0.163 e. The van der Waals surface area contributed by atoms with E-state index in [1.807, 2.05) is 66.7 Å². The van der Waals surface area contributed by atoms with E-state index in [0.717, 1.165) is 11.1 Å². The normalized spacial score (nSPS) is 32.0. The molecular formula is C17H25BrO2S. The van der Waals surface area contributed by atoms with E-state index >= 15 is 0 Å². The molecule has 0 aromatic heterocycles. The summed E-state index contributed by atoms with van der Waals surface area (Å²) in [6, 6.07) is 8.08. The highest BCUT2D eigenvalue weighted by atomic mass is 79.9. The molecule has 0 fully saturated rings. The molecule has 1 aliphatic heterocycles. The summed E-state index contributed by atoms with van der Waals surface area (Å²) in [5.74, 6) is 0. The van der Waals surface area contributed by atoms with Crippen LogP contribution >= 0.6 is 15.9 Å².